The first-order valence-corrected chi connectivity index (χ1v) is 6.49. The van der Waals surface area contributed by atoms with Crippen molar-refractivity contribution in [2.75, 3.05) is 27.0 Å². The molecule has 0 aliphatic carbocycles. The van der Waals surface area contributed by atoms with E-state index >= 15 is 0 Å². The van der Waals surface area contributed by atoms with Crippen molar-refractivity contribution < 1.29 is 4.74 Å². The van der Waals surface area contributed by atoms with E-state index < -0.39 is 0 Å². The van der Waals surface area contributed by atoms with Crippen LogP contribution in [0.2, 0.25) is 0 Å². The molecule has 0 radical (unpaired) electrons. The SMILES string of the molecule is COc1c(C)cc(C(CS)N(C)C)c(C)c1C. The van der Waals surface area contributed by atoms with Gasteiger partial charge in [0.25, 0.3) is 0 Å². The predicted molar refractivity (Wildman–Crippen MR) is 77.5 cm³/mol. The Kier molecular flexibility index (Phi) is 4.90. The smallest absolute Gasteiger partial charge is 0.124 e. The van der Waals surface area contributed by atoms with Gasteiger partial charge < -0.3 is 9.64 Å². The van der Waals surface area contributed by atoms with Gasteiger partial charge in [0.15, 0.2) is 0 Å². The summed E-state index contributed by atoms with van der Waals surface area (Å²) in [6, 6.07) is 2.57. The molecule has 0 saturated heterocycles. The number of aryl methyl sites for hydroxylation is 1. The van der Waals surface area contributed by atoms with Crippen molar-refractivity contribution >= 4 is 12.6 Å². The normalized spacial score (nSPS) is 12.9. The Balaban J connectivity index is 3.36. The number of thiol groups is 1. The van der Waals surface area contributed by atoms with Crippen LogP contribution in [0.15, 0.2) is 6.07 Å². The fourth-order valence-electron chi connectivity index (χ4n) is 2.29. The van der Waals surface area contributed by atoms with Gasteiger partial charge in [0.1, 0.15) is 5.75 Å². The lowest BCUT2D eigenvalue weighted by molar-refractivity contribution is 0.324. The van der Waals surface area contributed by atoms with E-state index in [2.05, 4.69) is 58.5 Å². The average Bonchev–Trinajstić information content (AvgIpc) is 2.26. The van der Waals surface area contributed by atoms with Crippen molar-refractivity contribution in [3.05, 3.63) is 28.3 Å². The van der Waals surface area contributed by atoms with Crippen molar-refractivity contribution in [1.82, 2.24) is 4.90 Å². The summed E-state index contributed by atoms with van der Waals surface area (Å²) in [6.07, 6.45) is 0. The topological polar surface area (TPSA) is 12.5 Å². The molecule has 0 spiro atoms. The molecule has 96 valence electrons. The first-order valence-electron chi connectivity index (χ1n) is 5.86. The molecule has 2 nitrogen and oxygen atoms in total. The number of rotatable bonds is 4. The molecule has 0 aliphatic rings. The molecule has 0 saturated carbocycles. The van der Waals surface area contributed by atoms with Crippen LogP contribution < -0.4 is 4.74 Å². The minimum Gasteiger partial charge on any atom is -0.496 e. The van der Waals surface area contributed by atoms with Gasteiger partial charge in [-0.2, -0.15) is 12.6 Å². The molecule has 1 atom stereocenters. The number of benzene rings is 1. The van der Waals surface area contributed by atoms with Crippen LogP contribution in [0.4, 0.5) is 0 Å². The second kappa shape index (κ2) is 5.78. The summed E-state index contributed by atoms with van der Waals surface area (Å²) in [7, 11) is 5.92. The van der Waals surface area contributed by atoms with E-state index in [1.54, 1.807) is 7.11 Å². The highest BCUT2D eigenvalue weighted by atomic mass is 32.1. The largest absolute Gasteiger partial charge is 0.496 e. The van der Waals surface area contributed by atoms with E-state index in [1.807, 2.05) is 0 Å². The van der Waals surface area contributed by atoms with Crippen molar-refractivity contribution in [3.8, 4) is 5.75 Å². The highest BCUT2D eigenvalue weighted by molar-refractivity contribution is 7.80. The molecule has 3 heteroatoms. The Morgan fingerprint density at radius 3 is 2.24 bits per heavy atom. The quantitative estimate of drug-likeness (QED) is 0.828. The van der Waals surface area contributed by atoms with Gasteiger partial charge in [-0.3, -0.25) is 0 Å². The third-order valence-corrected chi connectivity index (χ3v) is 3.77. The fourth-order valence-corrected chi connectivity index (χ4v) is 2.81. The number of methoxy groups -OCH3 is 1. The zero-order valence-corrected chi connectivity index (χ0v) is 12.6. The maximum absolute atomic E-state index is 5.45. The van der Waals surface area contributed by atoms with Gasteiger partial charge in [0.2, 0.25) is 0 Å². The minimum atomic E-state index is 0.349. The highest BCUT2D eigenvalue weighted by Gasteiger charge is 2.18. The monoisotopic (exact) mass is 253 g/mol. The van der Waals surface area contributed by atoms with Gasteiger partial charge in [0.05, 0.1) is 7.11 Å². The number of hydrogen-bond acceptors (Lipinski definition) is 3. The molecular formula is C14H23NOS. The minimum absolute atomic E-state index is 0.349. The van der Waals surface area contributed by atoms with Crippen molar-refractivity contribution in [2.24, 2.45) is 0 Å². The Bertz CT molecular complexity index is 402. The molecule has 1 aromatic rings. The lowest BCUT2D eigenvalue weighted by atomic mass is 9.94. The van der Waals surface area contributed by atoms with Gasteiger partial charge in [0, 0.05) is 11.8 Å². The molecule has 1 aromatic carbocycles. The summed E-state index contributed by atoms with van der Waals surface area (Å²) in [5, 5.41) is 0. The Labute approximate surface area is 110 Å². The Morgan fingerprint density at radius 1 is 1.24 bits per heavy atom. The maximum atomic E-state index is 5.45. The van der Waals surface area contributed by atoms with Crippen molar-refractivity contribution in [1.29, 1.82) is 0 Å². The van der Waals surface area contributed by atoms with Gasteiger partial charge in [-0.25, -0.2) is 0 Å². The molecule has 0 fully saturated rings. The lowest BCUT2D eigenvalue weighted by Gasteiger charge is -2.26. The summed E-state index contributed by atoms with van der Waals surface area (Å²) in [4.78, 5) is 2.21. The van der Waals surface area contributed by atoms with E-state index in [1.165, 1.54) is 22.3 Å². The summed E-state index contributed by atoms with van der Waals surface area (Å²) in [5.74, 6) is 1.82. The summed E-state index contributed by atoms with van der Waals surface area (Å²) < 4.78 is 5.45. The van der Waals surface area contributed by atoms with Crippen LogP contribution in [0.3, 0.4) is 0 Å². The Morgan fingerprint density at radius 2 is 1.82 bits per heavy atom. The van der Waals surface area contributed by atoms with Gasteiger partial charge >= 0.3 is 0 Å². The van der Waals surface area contributed by atoms with E-state index in [0.29, 0.717) is 6.04 Å². The number of nitrogens with zero attached hydrogens (tertiary/aromatic N) is 1. The third kappa shape index (κ3) is 2.78. The van der Waals surface area contributed by atoms with Crippen LogP contribution in [0, 0.1) is 20.8 Å². The molecular weight excluding hydrogens is 230 g/mol. The zero-order chi connectivity index (χ0) is 13.2. The first-order chi connectivity index (χ1) is 7.93. The van der Waals surface area contributed by atoms with E-state index in [4.69, 9.17) is 4.74 Å². The van der Waals surface area contributed by atoms with E-state index in [0.717, 1.165) is 11.5 Å². The van der Waals surface area contributed by atoms with Crippen LogP contribution in [0.5, 0.6) is 5.75 Å². The predicted octanol–water partition coefficient (Wildman–Crippen LogP) is 3.15. The number of hydrogen-bond donors (Lipinski definition) is 1. The van der Waals surface area contributed by atoms with Crippen molar-refractivity contribution in [3.63, 3.8) is 0 Å². The number of ether oxygens (including phenoxy) is 1. The third-order valence-electron chi connectivity index (χ3n) is 3.43. The maximum Gasteiger partial charge on any atom is 0.124 e. The molecule has 0 amide bonds. The standard InChI is InChI=1S/C14H23NOS/c1-9-7-12(13(8-17)15(4)5)10(2)11(3)14(9)16-6/h7,13,17H,8H2,1-6H3. The molecule has 0 bridgehead atoms. The molecule has 0 aliphatic heterocycles. The summed E-state index contributed by atoms with van der Waals surface area (Å²) in [5.41, 5.74) is 5.08. The van der Waals surface area contributed by atoms with Gasteiger partial charge in [-0.05, 0) is 57.1 Å². The molecule has 17 heavy (non-hydrogen) atoms. The zero-order valence-electron chi connectivity index (χ0n) is 11.7. The highest BCUT2D eigenvalue weighted by Crippen LogP contribution is 2.33. The molecule has 1 rings (SSSR count). The molecule has 1 unspecified atom stereocenters. The van der Waals surface area contributed by atoms with E-state index in [9.17, 15) is 0 Å². The summed E-state index contributed by atoms with van der Waals surface area (Å²) >= 11 is 4.46. The molecule has 0 aromatic heterocycles. The van der Waals surface area contributed by atoms with Crippen molar-refractivity contribution in [2.45, 2.75) is 26.8 Å². The second-order valence-corrected chi connectivity index (χ2v) is 5.09. The van der Waals surface area contributed by atoms with Gasteiger partial charge in [-0.1, -0.05) is 6.07 Å². The van der Waals surface area contributed by atoms with Crippen LogP contribution in [0.1, 0.15) is 28.3 Å². The fraction of sp³-hybridized carbons (Fsp3) is 0.571. The van der Waals surface area contributed by atoms with Crippen LogP contribution in [0.25, 0.3) is 0 Å². The van der Waals surface area contributed by atoms with Crippen LogP contribution >= 0.6 is 12.6 Å². The second-order valence-electron chi connectivity index (χ2n) is 4.73. The molecule has 0 N–H and O–H groups in total. The molecule has 0 heterocycles. The summed E-state index contributed by atoms with van der Waals surface area (Å²) in [6.45, 7) is 6.38. The van der Waals surface area contributed by atoms with E-state index in [-0.39, 0.29) is 0 Å². The van der Waals surface area contributed by atoms with Crippen LogP contribution in [-0.2, 0) is 0 Å². The Hall–Kier alpha value is -0.670. The van der Waals surface area contributed by atoms with Crippen LogP contribution in [-0.4, -0.2) is 31.9 Å². The first kappa shape index (κ1) is 14.4. The average molecular weight is 253 g/mol. The lowest BCUT2D eigenvalue weighted by Crippen LogP contribution is -2.22. The van der Waals surface area contributed by atoms with Gasteiger partial charge in [-0.15, -0.1) is 0 Å².